The highest BCUT2D eigenvalue weighted by molar-refractivity contribution is 5.97. The van der Waals surface area contributed by atoms with Crippen LogP contribution < -0.4 is 0 Å². The van der Waals surface area contributed by atoms with Gasteiger partial charge in [0, 0.05) is 30.6 Å². The van der Waals surface area contributed by atoms with Crippen molar-refractivity contribution in [2.75, 3.05) is 6.61 Å². The number of hydrogen-bond donors (Lipinski definition) is 0. The van der Waals surface area contributed by atoms with Crippen molar-refractivity contribution >= 4 is 11.9 Å². The van der Waals surface area contributed by atoms with Gasteiger partial charge >= 0.3 is 11.9 Å². The van der Waals surface area contributed by atoms with E-state index >= 15 is 0 Å². The van der Waals surface area contributed by atoms with Crippen LogP contribution in [0.15, 0.2) is 61.1 Å². The summed E-state index contributed by atoms with van der Waals surface area (Å²) in [6, 6.07) is 13.4. The van der Waals surface area contributed by atoms with Gasteiger partial charge in [0.05, 0.1) is 13.2 Å². The lowest BCUT2D eigenvalue weighted by molar-refractivity contribution is -0.145. The molecular formula is C20H17N3O4. The fourth-order valence-electron chi connectivity index (χ4n) is 2.92. The highest BCUT2D eigenvalue weighted by Crippen LogP contribution is 2.24. The number of carbonyl (C=O) groups is 2. The van der Waals surface area contributed by atoms with Crippen LogP contribution in [0.25, 0.3) is 11.3 Å². The summed E-state index contributed by atoms with van der Waals surface area (Å²) in [7, 11) is 0. The molecule has 1 aliphatic heterocycles. The summed E-state index contributed by atoms with van der Waals surface area (Å²) in [5.74, 6) is -1.11. The molecule has 0 bridgehead atoms. The molecule has 1 atom stereocenters. The molecule has 7 heteroatoms. The Hall–Kier alpha value is -3.48. The molecule has 0 radical (unpaired) electrons. The van der Waals surface area contributed by atoms with E-state index in [0.29, 0.717) is 29.8 Å². The van der Waals surface area contributed by atoms with E-state index in [1.54, 1.807) is 29.3 Å². The fraction of sp³-hybridized carbons (Fsp3) is 0.200. The highest BCUT2D eigenvalue weighted by Gasteiger charge is 2.32. The molecule has 1 saturated heterocycles. The van der Waals surface area contributed by atoms with Gasteiger partial charge in [0.25, 0.3) is 0 Å². The van der Waals surface area contributed by atoms with E-state index in [-0.39, 0.29) is 6.61 Å². The molecule has 0 unspecified atom stereocenters. The summed E-state index contributed by atoms with van der Waals surface area (Å²) >= 11 is 0. The number of cyclic esters (lactones) is 1. The number of ether oxygens (including phenoxy) is 2. The summed E-state index contributed by atoms with van der Waals surface area (Å²) in [5.41, 5.74) is 2.51. The van der Waals surface area contributed by atoms with Crippen molar-refractivity contribution in [3.8, 4) is 11.3 Å². The third-order valence-electron chi connectivity index (χ3n) is 4.24. The summed E-state index contributed by atoms with van der Waals surface area (Å²) < 4.78 is 11.9. The number of rotatable bonds is 5. The van der Waals surface area contributed by atoms with Gasteiger partial charge in [-0.15, -0.1) is 0 Å². The predicted molar refractivity (Wildman–Crippen MR) is 95.8 cm³/mol. The molecule has 7 nitrogen and oxygen atoms in total. The van der Waals surface area contributed by atoms with Crippen molar-refractivity contribution < 1.29 is 19.1 Å². The number of nitrogens with zero attached hydrogens (tertiary/aromatic N) is 3. The topological polar surface area (TPSA) is 83.3 Å². The average Bonchev–Trinajstić information content (AvgIpc) is 3.30. The minimum absolute atomic E-state index is 0.263. The van der Waals surface area contributed by atoms with E-state index < -0.39 is 18.0 Å². The van der Waals surface area contributed by atoms with Gasteiger partial charge in [-0.3, -0.25) is 9.67 Å². The normalized spacial score (nSPS) is 16.1. The molecule has 4 rings (SSSR count). The van der Waals surface area contributed by atoms with Crippen LogP contribution in [0.4, 0.5) is 0 Å². The van der Waals surface area contributed by atoms with E-state index in [2.05, 4.69) is 10.1 Å². The average molecular weight is 363 g/mol. The standard InChI is InChI=1S/C20H17N3O4/c24-19(27-17-8-10-26-20(17)25)16-13-23(12-14-5-2-1-3-6-14)22-18(16)15-7-4-9-21-11-15/h1-7,9,11,13,17H,8,10,12H2/t17-/m0/s1. The van der Waals surface area contributed by atoms with E-state index in [1.165, 1.54) is 0 Å². The molecule has 1 fully saturated rings. The SMILES string of the molecule is O=C(O[C@H]1CCOC1=O)c1cn(Cc2ccccc2)nc1-c1cccnc1. The molecule has 0 N–H and O–H groups in total. The van der Waals surface area contributed by atoms with E-state index in [4.69, 9.17) is 9.47 Å². The molecule has 136 valence electrons. The van der Waals surface area contributed by atoms with Gasteiger partial charge in [0.1, 0.15) is 11.3 Å². The molecule has 0 saturated carbocycles. The second kappa shape index (κ2) is 7.41. The van der Waals surface area contributed by atoms with E-state index in [1.807, 2.05) is 36.4 Å². The van der Waals surface area contributed by atoms with Crippen molar-refractivity contribution in [2.24, 2.45) is 0 Å². The Kier molecular flexibility index (Phi) is 4.65. The van der Waals surface area contributed by atoms with Crippen LogP contribution in [0.2, 0.25) is 0 Å². The Morgan fingerprint density at radius 3 is 2.78 bits per heavy atom. The maximum absolute atomic E-state index is 12.7. The molecule has 27 heavy (non-hydrogen) atoms. The van der Waals surface area contributed by atoms with Gasteiger partial charge < -0.3 is 9.47 Å². The summed E-state index contributed by atoms with van der Waals surface area (Å²) in [6.45, 7) is 0.770. The van der Waals surface area contributed by atoms with Crippen molar-refractivity contribution in [2.45, 2.75) is 19.1 Å². The maximum atomic E-state index is 12.7. The smallest absolute Gasteiger partial charge is 0.347 e. The Bertz CT molecular complexity index is 954. The first-order valence-corrected chi connectivity index (χ1v) is 8.60. The van der Waals surface area contributed by atoms with Crippen LogP contribution >= 0.6 is 0 Å². The molecule has 1 aromatic carbocycles. The number of pyridine rings is 1. The first-order valence-electron chi connectivity index (χ1n) is 8.60. The third kappa shape index (κ3) is 3.72. The number of carbonyl (C=O) groups excluding carboxylic acids is 2. The van der Waals surface area contributed by atoms with Gasteiger partial charge in [-0.1, -0.05) is 30.3 Å². The van der Waals surface area contributed by atoms with Crippen LogP contribution in [0, 0.1) is 0 Å². The highest BCUT2D eigenvalue weighted by atomic mass is 16.6. The lowest BCUT2D eigenvalue weighted by Gasteiger charge is -2.08. The Labute approximate surface area is 155 Å². The lowest BCUT2D eigenvalue weighted by Crippen LogP contribution is -2.22. The maximum Gasteiger partial charge on any atom is 0.347 e. The zero-order chi connectivity index (χ0) is 18.6. The molecule has 3 heterocycles. The van der Waals surface area contributed by atoms with Gasteiger partial charge in [-0.05, 0) is 17.7 Å². The molecule has 0 spiro atoms. The monoisotopic (exact) mass is 363 g/mol. The third-order valence-corrected chi connectivity index (χ3v) is 4.24. The molecule has 3 aromatic rings. The first kappa shape index (κ1) is 17.0. The Balaban J connectivity index is 1.65. The van der Waals surface area contributed by atoms with Crippen LogP contribution in [-0.2, 0) is 20.8 Å². The Morgan fingerprint density at radius 1 is 1.22 bits per heavy atom. The second-order valence-corrected chi connectivity index (χ2v) is 6.17. The Morgan fingerprint density at radius 2 is 2.07 bits per heavy atom. The van der Waals surface area contributed by atoms with E-state index in [9.17, 15) is 9.59 Å². The molecule has 2 aromatic heterocycles. The molecule has 0 amide bonds. The van der Waals surface area contributed by atoms with Crippen LogP contribution in [0.1, 0.15) is 22.3 Å². The van der Waals surface area contributed by atoms with E-state index in [0.717, 1.165) is 5.56 Å². The molecule has 1 aliphatic rings. The van der Waals surface area contributed by atoms with Crippen LogP contribution in [-0.4, -0.2) is 39.4 Å². The van der Waals surface area contributed by atoms with Crippen molar-refractivity contribution in [3.63, 3.8) is 0 Å². The minimum Gasteiger partial charge on any atom is -0.463 e. The van der Waals surface area contributed by atoms with Gasteiger partial charge in [-0.2, -0.15) is 5.10 Å². The quantitative estimate of drug-likeness (QED) is 0.648. The summed E-state index contributed by atoms with van der Waals surface area (Å²) in [5, 5.41) is 4.55. The van der Waals surface area contributed by atoms with Gasteiger partial charge in [0.2, 0.25) is 6.10 Å². The van der Waals surface area contributed by atoms with Gasteiger partial charge in [0.15, 0.2) is 0 Å². The molecular weight excluding hydrogens is 346 g/mol. The fourth-order valence-corrected chi connectivity index (χ4v) is 2.92. The zero-order valence-corrected chi connectivity index (χ0v) is 14.4. The number of hydrogen-bond acceptors (Lipinski definition) is 6. The van der Waals surface area contributed by atoms with Crippen molar-refractivity contribution in [1.82, 2.24) is 14.8 Å². The number of esters is 2. The first-order chi connectivity index (χ1) is 13.2. The van der Waals surface area contributed by atoms with Crippen molar-refractivity contribution in [3.05, 3.63) is 72.2 Å². The number of benzene rings is 1. The minimum atomic E-state index is -0.864. The largest absolute Gasteiger partial charge is 0.463 e. The van der Waals surface area contributed by atoms with Crippen molar-refractivity contribution in [1.29, 1.82) is 0 Å². The van der Waals surface area contributed by atoms with Gasteiger partial charge in [-0.25, -0.2) is 9.59 Å². The van der Waals surface area contributed by atoms with Crippen LogP contribution in [0.3, 0.4) is 0 Å². The number of aromatic nitrogens is 3. The zero-order valence-electron chi connectivity index (χ0n) is 14.4. The second-order valence-electron chi connectivity index (χ2n) is 6.17. The molecule has 0 aliphatic carbocycles. The summed E-state index contributed by atoms with van der Waals surface area (Å²) in [6.07, 6.45) is 4.42. The lowest BCUT2D eigenvalue weighted by atomic mass is 10.1. The predicted octanol–water partition coefficient (Wildman–Crippen LogP) is 2.47. The van der Waals surface area contributed by atoms with Crippen LogP contribution in [0.5, 0.6) is 0 Å². The summed E-state index contributed by atoms with van der Waals surface area (Å²) in [4.78, 5) is 28.4.